The van der Waals surface area contributed by atoms with Gasteiger partial charge in [0.1, 0.15) is 29.6 Å². The van der Waals surface area contributed by atoms with Crippen LogP contribution in [0.2, 0.25) is 5.02 Å². The van der Waals surface area contributed by atoms with E-state index < -0.39 is 0 Å². The molecule has 0 amide bonds. The molecule has 7 heteroatoms. The smallest absolute Gasteiger partial charge is 0.193 e. The molecular weight excluding hydrogens is 448 g/mol. The first kappa shape index (κ1) is 19.0. The number of benzene rings is 2. The normalized spacial score (nSPS) is 18.5. The zero-order valence-corrected chi connectivity index (χ0v) is 17.2. The minimum absolute atomic E-state index is 0.0224. The maximum absolute atomic E-state index is 12.5. The highest BCUT2D eigenvalue weighted by Crippen LogP contribution is 2.41. The molecule has 1 saturated carbocycles. The molecule has 1 aliphatic rings. The molecule has 0 aliphatic heterocycles. The van der Waals surface area contributed by atoms with Crippen LogP contribution in [-0.4, -0.2) is 19.5 Å². The van der Waals surface area contributed by atoms with Gasteiger partial charge in [-0.15, -0.1) is 0 Å². The number of rotatable bonds is 5. The number of methoxy groups -OCH3 is 1. The fourth-order valence-electron chi connectivity index (χ4n) is 3.26. The lowest BCUT2D eigenvalue weighted by molar-refractivity contribution is -0.116. The van der Waals surface area contributed by atoms with Gasteiger partial charge in [0.05, 0.1) is 27.6 Å². The number of aldehydes is 1. The monoisotopic (exact) mass is 462 g/mol. The van der Waals surface area contributed by atoms with Crippen LogP contribution in [0.4, 0.5) is 0 Å². The lowest BCUT2D eigenvalue weighted by Crippen LogP contribution is -2.34. The summed E-state index contributed by atoms with van der Waals surface area (Å²) in [7, 11) is 1.54. The zero-order valence-electron chi connectivity index (χ0n) is 14.9. The molecule has 4 rings (SSSR count). The Labute approximate surface area is 174 Å². The van der Waals surface area contributed by atoms with E-state index in [4.69, 9.17) is 25.5 Å². The van der Waals surface area contributed by atoms with Gasteiger partial charge in [0.2, 0.25) is 0 Å². The van der Waals surface area contributed by atoms with Crippen LogP contribution in [0, 0.1) is 5.92 Å². The van der Waals surface area contributed by atoms with Gasteiger partial charge in [0, 0.05) is 12.0 Å². The summed E-state index contributed by atoms with van der Waals surface area (Å²) >= 11 is 9.70. The molecule has 1 fully saturated rings. The third-order valence-corrected chi connectivity index (χ3v) is 5.76. The second-order valence-corrected chi connectivity index (χ2v) is 7.94. The second-order valence-electron chi connectivity index (χ2n) is 6.68. The van der Waals surface area contributed by atoms with Crippen molar-refractivity contribution in [1.29, 1.82) is 0 Å². The third kappa shape index (κ3) is 3.42. The molecule has 1 aromatic heterocycles. The first-order valence-corrected chi connectivity index (χ1v) is 9.89. The Morgan fingerprint density at radius 2 is 2.00 bits per heavy atom. The largest absolute Gasteiger partial charge is 0.496 e. The average Bonchev–Trinajstić information content (AvgIpc) is 2.65. The highest BCUT2D eigenvalue weighted by molar-refractivity contribution is 9.10. The minimum atomic E-state index is -0.195. The van der Waals surface area contributed by atoms with Crippen LogP contribution in [0.3, 0.4) is 0 Å². The second kappa shape index (κ2) is 7.60. The molecule has 144 valence electrons. The SMILES string of the molecule is COc1cc(Br)c(OC2CC(C=O)C2)cc1-c1cc(=O)c2cccc(Cl)c2o1. The molecule has 3 aromatic rings. The molecular formula is C21H16BrClO5. The lowest BCUT2D eigenvalue weighted by atomic mass is 9.83. The van der Waals surface area contributed by atoms with Gasteiger partial charge < -0.3 is 18.7 Å². The quantitative estimate of drug-likeness (QED) is 0.484. The Bertz CT molecular complexity index is 1120. The van der Waals surface area contributed by atoms with Crippen LogP contribution in [0.25, 0.3) is 22.3 Å². The molecule has 0 N–H and O–H groups in total. The fourth-order valence-corrected chi connectivity index (χ4v) is 3.88. The molecule has 5 nitrogen and oxygen atoms in total. The number of para-hydroxylation sites is 1. The van der Waals surface area contributed by atoms with Crippen molar-refractivity contribution in [3.63, 3.8) is 0 Å². The van der Waals surface area contributed by atoms with Crippen molar-refractivity contribution in [2.45, 2.75) is 18.9 Å². The van der Waals surface area contributed by atoms with Gasteiger partial charge in [-0.3, -0.25) is 4.79 Å². The summed E-state index contributed by atoms with van der Waals surface area (Å²) in [6, 6.07) is 9.99. The van der Waals surface area contributed by atoms with E-state index in [2.05, 4.69) is 15.9 Å². The Hall–Kier alpha value is -2.31. The van der Waals surface area contributed by atoms with Crippen molar-refractivity contribution >= 4 is 44.8 Å². The van der Waals surface area contributed by atoms with Gasteiger partial charge in [0.25, 0.3) is 0 Å². The summed E-state index contributed by atoms with van der Waals surface area (Å²) < 4.78 is 18.1. The number of hydrogen-bond acceptors (Lipinski definition) is 5. The van der Waals surface area contributed by atoms with Crippen LogP contribution in [0.1, 0.15) is 12.8 Å². The van der Waals surface area contributed by atoms with Crippen molar-refractivity contribution < 1.29 is 18.7 Å². The maximum atomic E-state index is 12.5. The Balaban J connectivity index is 1.79. The first-order chi connectivity index (χ1) is 13.5. The van der Waals surface area contributed by atoms with Gasteiger partial charge in [-0.25, -0.2) is 0 Å². The summed E-state index contributed by atoms with van der Waals surface area (Å²) in [4.78, 5) is 23.4. The number of fused-ring (bicyclic) bond motifs is 1. The first-order valence-electron chi connectivity index (χ1n) is 8.72. The Morgan fingerprint density at radius 1 is 1.21 bits per heavy atom. The molecule has 0 radical (unpaired) electrons. The van der Waals surface area contributed by atoms with Gasteiger partial charge in [-0.05, 0) is 53.0 Å². The molecule has 28 heavy (non-hydrogen) atoms. The molecule has 0 unspecified atom stereocenters. The number of halogens is 2. The van der Waals surface area contributed by atoms with E-state index in [0.717, 1.165) is 6.29 Å². The van der Waals surface area contributed by atoms with Crippen molar-refractivity contribution in [2.75, 3.05) is 7.11 Å². The Morgan fingerprint density at radius 3 is 2.71 bits per heavy atom. The van der Waals surface area contributed by atoms with E-state index in [1.54, 1.807) is 37.4 Å². The Kier molecular flexibility index (Phi) is 5.17. The summed E-state index contributed by atoms with van der Waals surface area (Å²) in [5, 5.41) is 0.775. The summed E-state index contributed by atoms with van der Waals surface area (Å²) in [6.07, 6.45) is 2.32. The van der Waals surface area contributed by atoms with Crippen molar-refractivity contribution in [1.82, 2.24) is 0 Å². The molecule has 0 spiro atoms. The van der Waals surface area contributed by atoms with Crippen LogP contribution < -0.4 is 14.9 Å². The van der Waals surface area contributed by atoms with Crippen LogP contribution >= 0.6 is 27.5 Å². The molecule has 1 aliphatic carbocycles. The molecule has 2 aromatic carbocycles. The number of hydrogen-bond donors (Lipinski definition) is 0. The van der Waals surface area contributed by atoms with Gasteiger partial charge in [-0.2, -0.15) is 0 Å². The summed E-state index contributed by atoms with van der Waals surface area (Å²) in [6.45, 7) is 0. The van der Waals surface area contributed by atoms with E-state index in [1.807, 2.05) is 0 Å². The van der Waals surface area contributed by atoms with Crippen LogP contribution in [0.15, 0.2) is 50.1 Å². The topological polar surface area (TPSA) is 65.7 Å². The zero-order chi connectivity index (χ0) is 19.8. The van der Waals surface area contributed by atoms with Crippen molar-refractivity contribution in [3.8, 4) is 22.8 Å². The predicted octanol–water partition coefficient (Wildman–Crippen LogP) is 5.24. The molecule has 0 atom stereocenters. The van der Waals surface area contributed by atoms with Crippen LogP contribution in [-0.2, 0) is 4.79 Å². The summed E-state index contributed by atoms with van der Waals surface area (Å²) in [5.41, 5.74) is 0.705. The van der Waals surface area contributed by atoms with E-state index in [1.165, 1.54) is 6.07 Å². The van der Waals surface area contributed by atoms with Crippen LogP contribution in [0.5, 0.6) is 11.5 Å². The number of ether oxygens (including phenoxy) is 2. The average molecular weight is 464 g/mol. The van der Waals surface area contributed by atoms with Gasteiger partial charge in [-0.1, -0.05) is 17.7 Å². The molecule has 0 saturated heterocycles. The number of carbonyl (C=O) groups is 1. The van der Waals surface area contributed by atoms with E-state index in [0.29, 0.717) is 56.1 Å². The van der Waals surface area contributed by atoms with Gasteiger partial charge in [0.15, 0.2) is 11.0 Å². The fraction of sp³-hybridized carbons (Fsp3) is 0.238. The minimum Gasteiger partial charge on any atom is -0.496 e. The standard InChI is InChI=1S/C21H16BrClO5/c1-26-18-8-15(22)20(27-12-5-11(6-12)10-24)7-14(18)19-9-17(25)13-3-2-4-16(23)21(13)28-19/h2-4,7-12H,5-6H2,1H3. The highest BCUT2D eigenvalue weighted by atomic mass is 79.9. The van der Waals surface area contributed by atoms with E-state index in [-0.39, 0.29) is 17.5 Å². The van der Waals surface area contributed by atoms with E-state index >= 15 is 0 Å². The summed E-state index contributed by atoms with van der Waals surface area (Å²) in [5.74, 6) is 1.50. The van der Waals surface area contributed by atoms with E-state index in [9.17, 15) is 9.59 Å². The predicted molar refractivity (Wildman–Crippen MR) is 110 cm³/mol. The highest BCUT2D eigenvalue weighted by Gasteiger charge is 2.31. The number of carbonyl (C=O) groups excluding carboxylic acids is 1. The van der Waals surface area contributed by atoms with Crippen molar-refractivity contribution in [2.24, 2.45) is 5.92 Å². The van der Waals surface area contributed by atoms with Gasteiger partial charge >= 0.3 is 0 Å². The van der Waals surface area contributed by atoms with Crippen molar-refractivity contribution in [3.05, 3.63) is 56.1 Å². The maximum Gasteiger partial charge on any atom is 0.193 e. The third-order valence-electron chi connectivity index (χ3n) is 4.84. The molecule has 0 bridgehead atoms. The molecule has 1 heterocycles. The lowest BCUT2D eigenvalue weighted by Gasteiger charge is -2.32.